The van der Waals surface area contributed by atoms with Gasteiger partial charge in [-0.25, -0.2) is 4.98 Å². The van der Waals surface area contributed by atoms with Crippen LogP contribution in [0.3, 0.4) is 0 Å². The second-order valence-electron chi connectivity index (χ2n) is 7.85. The zero-order valence-corrected chi connectivity index (χ0v) is 16.5. The topological polar surface area (TPSA) is 80.8 Å². The fourth-order valence-corrected chi connectivity index (χ4v) is 5.31. The number of morpholine rings is 1. The largest absolute Gasteiger partial charge is 0.381 e. The Balaban J connectivity index is 1.31. The first-order valence-corrected chi connectivity index (χ1v) is 10.6. The number of methoxy groups -OCH3 is 1. The summed E-state index contributed by atoms with van der Waals surface area (Å²) in [6.07, 6.45) is 3.73. The lowest BCUT2D eigenvalue weighted by Crippen LogP contribution is -2.49. The van der Waals surface area contributed by atoms with Gasteiger partial charge in [0.15, 0.2) is 5.13 Å². The summed E-state index contributed by atoms with van der Waals surface area (Å²) in [5.74, 6) is 0.0520. The third-order valence-corrected chi connectivity index (χ3v) is 7.07. The second-order valence-corrected chi connectivity index (χ2v) is 8.88. The van der Waals surface area contributed by atoms with Crippen LogP contribution in [0.5, 0.6) is 0 Å². The number of nitrogens with zero attached hydrogens (tertiary/aromatic N) is 2. The number of benzene rings is 1. The molecule has 3 heterocycles. The first kappa shape index (κ1) is 18.0. The molecule has 2 aliphatic heterocycles. The van der Waals surface area contributed by atoms with Crippen molar-refractivity contribution in [3.63, 3.8) is 0 Å². The SMILES string of the molecule is COC1CC(C(=O)Nc2nc3ccc(C(=O)N4C5CCC4COC5)cc3s2)C1. The molecule has 8 heteroatoms. The maximum absolute atomic E-state index is 13.1. The molecule has 2 atom stereocenters. The summed E-state index contributed by atoms with van der Waals surface area (Å²) >= 11 is 1.41. The summed E-state index contributed by atoms with van der Waals surface area (Å²) in [7, 11) is 1.67. The van der Waals surface area contributed by atoms with Crippen LogP contribution in [0.2, 0.25) is 0 Å². The molecular weight excluding hydrogens is 378 g/mol. The van der Waals surface area contributed by atoms with Gasteiger partial charge in [0.05, 0.1) is 41.6 Å². The van der Waals surface area contributed by atoms with Crippen molar-refractivity contribution in [2.24, 2.45) is 5.92 Å². The normalized spacial score (nSPS) is 29.0. The van der Waals surface area contributed by atoms with Crippen LogP contribution in [0.25, 0.3) is 10.2 Å². The summed E-state index contributed by atoms with van der Waals surface area (Å²) in [6, 6.07) is 5.97. The van der Waals surface area contributed by atoms with E-state index in [0.717, 1.165) is 35.9 Å². The molecule has 2 saturated heterocycles. The highest BCUT2D eigenvalue weighted by Gasteiger charge is 2.40. The highest BCUT2D eigenvalue weighted by Crippen LogP contribution is 2.34. The smallest absolute Gasteiger partial charge is 0.254 e. The number of aromatic nitrogens is 1. The van der Waals surface area contributed by atoms with Gasteiger partial charge >= 0.3 is 0 Å². The summed E-state index contributed by atoms with van der Waals surface area (Å²) < 4.78 is 11.7. The molecule has 1 aromatic heterocycles. The molecule has 1 saturated carbocycles. The van der Waals surface area contributed by atoms with Crippen molar-refractivity contribution in [2.75, 3.05) is 25.6 Å². The number of fused-ring (bicyclic) bond motifs is 3. The van der Waals surface area contributed by atoms with Gasteiger partial charge in [-0.2, -0.15) is 0 Å². The minimum Gasteiger partial charge on any atom is -0.381 e. The Morgan fingerprint density at radius 3 is 2.71 bits per heavy atom. The Labute approximate surface area is 167 Å². The fourth-order valence-electron chi connectivity index (χ4n) is 4.40. The molecule has 3 aliphatic rings. The van der Waals surface area contributed by atoms with E-state index in [1.807, 2.05) is 23.1 Å². The first-order chi connectivity index (χ1) is 13.6. The summed E-state index contributed by atoms with van der Waals surface area (Å²) in [5.41, 5.74) is 1.47. The van der Waals surface area contributed by atoms with Crippen molar-refractivity contribution in [1.29, 1.82) is 0 Å². The summed E-state index contributed by atoms with van der Waals surface area (Å²) in [5, 5.41) is 3.50. The van der Waals surface area contributed by atoms with E-state index in [9.17, 15) is 9.59 Å². The predicted molar refractivity (Wildman–Crippen MR) is 106 cm³/mol. The van der Waals surface area contributed by atoms with Crippen molar-refractivity contribution >= 4 is 38.5 Å². The van der Waals surface area contributed by atoms with Gasteiger partial charge in [0.2, 0.25) is 5.91 Å². The maximum atomic E-state index is 13.1. The predicted octanol–water partition coefficient (Wildman–Crippen LogP) is 2.66. The first-order valence-electron chi connectivity index (χ1n) is 9.77. The van der Waals surface area contributed by atoms with Crippen LogP contribution in [0.15, 0.2) is 18.2 Å². The van der Waals surface area contributed by atoms with Crippen LogP contribution in [-0.2, 0) is 14.3 Å². The van der Waals surface area contributed by atoms with E-state index in [2.05, 4.69) is 10.3 Å². The van der Waals surface area contributed by atoms with Gasteiger partial charge in [0.25, 0.3) is 5.91 Å². The third-order valence-electron chi connectivity index (χ3n) is 6.14. The van der Waals surface area contributed by atoms with Crippen LogP contribution in [0.1, 0.15) is 36.0 Å². The molecule has 2 aromatic rings. The van der Waals surface area contributed by atoms with Gasteiger partial charge in [-0.3, -0.25) is 9.59 Å². The van der Waals surface area contributed by atoms with Gasteiger partial charge in [0, 0.05) is 18.6 Å². The maximum Gasteiger partial charge on any atom is 0.254 e. The van der Waals surface area contributed by atoms with Gasteiger partial charge in [-0.15, -0.1) is 0 Å². The van der Waals surface area contributed by atoms with Crippen molar-refractivity contribution in [3.8, 4) is 0 Å². The number of carbonyl (C=O) groups excluding carboxylic acids is 2. The van der Waals surface area contributed by atoms with Crippen LogP contribution >= 0.6 is 11.3 Å². The number of hydrogen-bond acceptors (Lipinski definition) is 6. The van der Waals surface area contributed by atoms with Crippen molar-refractivity contribution in [1.82, 2.24) is 9.88 Å². The summed E-state index contributed by atoms with van der Waals surface area (Å²) in [6.45, 7) is 1.26. The lowest BCUT2D eigenvalue weighted by Gasteiger charge is -2.34. The van der Waals surface area contributed by atoms with E-state index in [1.54, 1.807) is 7.11 Å². The lowest BCUT2D eigenvalue weighted by atomic mass is 9.82. The minimum atomic E-state index is -0.00843. The number of carbonyl (C=O) groups is 2. The van der Waals surface area contributed by atoms with E-state index >= 15 is 0 Å². The Morgan fingerprint density at radius 1 is 1.25 bits per heavy atom. The number of rotatable bonds is 4. The molecule has 2 unspecified atom stereocenters. The van der Waals surface area contributed by atoms with Gasteiger partial charge in [-0.05, 0) is 43.9 Å². The zero-order valence-electron chi connectivity index (χ0n) is 15.7. The standard InChI is InChI=1S/C20H23N3O4S/c1-26-15-6-12(7-15)18(24)22-20-21-16-5-2-11(8-17(16)28-20)19(25)23-13-3-4-14(23)10-27-9-13/h2,5,8,12-15H,3-4,6-7,9-10H2,1H3,(H,21,22,24). The molecule has 5 rings (SSSR count). The van der Waals surface area contributed by atoms with Crippen molar-refractivity contribution in [3.05, 3.63) is 23.8 Å². The number of anilines is 1. The lowest BCUT2D eigenvalue weighted by molar-refractivity contribution is -0.127. The Kier molecular flexibility index (Phi) is 4.57. The van der Waals surface area contributed by atoms with Crippen molar-refractivity contribution in [2.45, 2.75) is 43.9 Å². The third kappa shape index (κ3) is 3.09. The average Bonchev–Trinajstić information content (AvgIpc) is 3.16. The van der Waals surface area contributed by atoms with Gasteiger partial charge < -0.3 is 19.7 Å². The van der Waals surface area contributed by atoms with E-state index in [4.69, 9.17) is 9.47 Å². The van der Waals surface area contributed by atoms with E-state index in [1.165, 1.54) is 11.3 Å². The molecule has 1 aliphatic carbocycles. The highest BCUT2D eigenvalue weighted by molar-refractivity contribution is 7.22. The van der Waals surface area contributed by atoms with E-state index in [-0.39, 0.29) is 35.9 Å². The minimum absolute atomic E-state index is 0.00597. The molecule has 1 N–H and O–H groups in total. The van der Waals surface area contributed by atoms with Gasteiger partial charge in [-0.1, -0.05) is 11.3 Å². The van der Waals surface area contributed by atoms with Crippen LogP contribution in [-0.4, -0.2) is 60.2 Å². The van der Waals surface area contributed by atoms with E-state index in [0.29, 0.717) is 23.9 Å². The number of nitrogens with one attached hydrogen (secondary N) is 1. The Morgan fingerprint density at radius 2 is 2.00 bits per heavy atom. The molecule has 2 amide bonds. The second kappa shape index (κ2) is 7.09. The number of hydrogen-bond donors (Lipinski definition) is 1. The molecule has 7 nitrogen and oxygen atoms in total. The molecule has 1 aromatic carbocycles. The van der Waals surface area contributed by atoms with Gasteiger partial charge in [0.1, 0.15) is 0 Å². The Hall–Kier alpha value is -2.03. The summed E-state index contributed by atoms with van der Waals surface area (Å²) in [4.78, 5) is 31.9. The average molecular weight is 401 g/mol. The molecule has 148 valence electrons. The number of thiazole rings is 1. The van der Waals surface area contributed by atoms with Crippen LogP contribution < -0.4 is 5.32 Å². The molecular formula is C20H23N3O4S. The van der Waals surface area contributed by atoms with E-state index < -0.39 is 0 Å². The van der Waals surface area contributed by atoms with Crippen molar-refractivity contribution < 1.29 is 19.1 Å². The van der Waals surface area contributed by atoms with Crippen LogP contribution in [0.4, 0.5) is 5.13 Å². The van der Waals surface area contributed by atoms with Crippen LogP contribution in [0, 0.1) is 5.92 Å². The molecule has 0 radical (unpaired) electrons. The molecule has 2 bridgehead atoms. The molecule has 0 spiro atoms. The highest BCUT2D eigenvalue weighted by atomic mass is 32.1. The zero-order chi connectivity index (χ0) is 19.3. The molecule has 3 fully saturated rings. The number of amides is 2. The quantitative estimate of drug-likeness (QED) is 0.852. The monoisotopic (exact) mass is 401 g/mol. The fraction of sp³-hybridized carbons (Fsp3) is 0.550. The number of ether oxygens (including phenoxy) is 2. The molecule has 28 heavy (non-hydrogen) atoms. The Bertz CT molecular complexity index is 907.